The zero-order valence-corrected chi connectivity index (χ0v) is 18.5. The normalized spacial score (nSPS) is 10.8. The van der Waals surface area contributed by atoms with Crippen LogP contribution in [0.3, 0.4) is 0 Å². The summed E-state index contributed by atoms with van der Waals surface area (Å²) in [4.78, 5) is 13.3. The van der Waals surface area contributed by atoms with E-state index >= 15 is 0 Å². The minimum atomic E-state index is -0.321. The van der Waals surface area contributed by atoms with Gasteiger partial charge in [-0.25, -0.2) is 0 Å². The number of ether oxygens (including phenoxy) is 1. The quantitative estimate of drug-likeness (QED) is 0.407. The molecule has 0 saturated carbocycles. The van der Waals surface area contributed by atoms with Gasteiger partial charge in [0.15, 0.2) is 0 Å². The Morgan fingerprint density at radius 3 is 2.68 bits per heavy atom. The fraction of sp³-hybridized carbons (Fsp3) is 0.136. The molecule has 2 aromatic heterocycles. The maximum Gasteiger partial charge on any atom is 0.316 e. The van der Waals surface area contributed by atoms with E-state index < -0.39 is 0 Å². The fourth-order valence-corrected chi connectivity index (χ4v) is 4.01. The first kappa shape index (κ1) is 21.0. The summed E-state index contributed by atoms with van der Waals surface area (Å²) in [6, 6.07) is 16.9. The van der Waals surface area contributed by atoms with Crippen molar-refractivity contribution in [3.05, 3.63) is 93.5 Å². The van der Waals surface area contributed by atoms with Crippen LogP contribution in [0.25, 0.3) is 0 Å². The van der Waals surface area contributed by atoms with Crippen LogP contribution >= 0.6 is 23.4 Å². The van der Waals surface area contributed by atoms with Crippen molar-refractivity contribution in [1.82, 2.24) is 19.5 Å². The molecule has 31 heavy (non-hydrogen) atoms. The largest absolute Gasteiger partial charge is 0.497 e. The number of hydrogen-bond donors (Lipinski definition) is 1. The number of benzene rings is 2. The first-order valence-electron chi connectivity index (χ1n) is 9.47. The van der Waals surface area contributed by atoms with Crippen LogP contribution in [0.4, 0.5) is 11.5 Å². The van der Waals surface area contributed by atoms with E-state index in [1.807, 2.05) is 49.4 Å². The number of anilines is 2. The van der Waals surface area contributed by atoms with Crippen LogP contribution in [0.2, 0.25) is 5.02 Å². The smallest absolute Gasteiger partial charge is 0.316 e. The number of nitrogens with one attached hydrogen (secondary N) is 1. The molecule has 0 aliphatic rings. The lowest BCUT2D eigenvalue weighted by Gasteiger charge is -2.14. The molecule has 0 bridgehead atoms. The highest BCUT2D eigenvalue weighted by molar-refractivity contribution is 7.98. The van der Waals surface area contributed by atoms with Crippen molar-refractivity contribution in [1.29, 1.82) is 0 Å². The Bertz CT molecular complexity index is 1260. The third kappa shape index (κ3) is 4.76. The lowest BCUT2D eigenvalue weighted by Crippen LogP contribution is -2.30. The monoisotopic (exact) mass is 453 g/mol. The average molecular weight is 454 g/mol. The highest BCUT2D eigenvalue weighted by Crippen LogP contribution is 2.25. The van der Waals surface area contributed by atoms with E-state index in [0.29, 0.717) is 21.6 Å². The molecule has 0 amide bonds. The SMILES string of the molecule is COc1cccc(CSc2nnc(Nc3cc(Cl)ccc3C)c(=O)n2-n2cccc2)c1. The van der Waals surface area contributed by atoms with Gasteiger partial charge < -0.3 is 10.1 Å². The first-order chi connectivity index (χ1) is 15.0. The second kappa shape index (κ2) is 9.28. The molecule has 0 saturated heterocycles. The number of aromatic nitrogens is 4. The predicted octanol–water partition coefficient (Wildman–Crippen LogP) is 4.76. The van der Waals surface area contributed by atoms with E-state index in [1.165, 1.54) is 16.4 Å². The number of thioether (sulfide) groups is 1. The topological polar surface area (TPSA) is 74.0 Å². The number of nitrogens with zero attached hydrogens (tertiary/aromatic N) is 4. The third-order valence-corrected chi connectivity index (χ3v) is 5.81. The lowest BCUT2D eigenvalue weighted by molar-refractivity contribution is 0.414. The summed E-state index contributed by atoms with van der Waals surface area (Å²) in [5.41, 5.74) is 2.37. The molecular formula is C22H20ClN5O2S. The summed E-state index contributed by atoms with van der Waals surface area (Å²) >= 11 is 7.52. The van der Waals surface area contributed by atoms with E-state index in [9.17, 15) is 4.79 Å². The fourth-order valence-electron chi connectivity index (χ4n) is 2.96. The van der Waals surface area contributed by atoms with Crippen LogP contribution in [-0.2, 0) is 5.75 Å². The Balaban J connectivity index is 1.68. The zero-order valence-electron chi connectivity index (χ0n) is 16.9. The maximum absolute atomic E-state index is 13.3. The molecule has 0 unspecified atom stereocenters. The van der Waals surface area contributed by atoms with Crippen LogP contribution in [0, 0.1) is 6.92 Å². The molecule has 4 aromatic rings. The number of halogens is 1. The van der Waals surface area contributed by atoms with Gasteiger partial charge in [0, 0.05) is 28.9 Å². The third-order valence-electron chi connectivity index (χ3n) is 4.59. The Labute approximate surface area is 188 Å². The summed E-state index contributed by atoms with van der Waals surface area (Å²) in [6.07, 6.45) is 3.57. The van der Waals surface area contributed by atoms with E-state index in [2.05, 4.69) is 15.5 Å². The maximum atomic E-state index is 13.3. The van der Waals surface area contributed by atoms with E-state index in [-0.39, 0.29) is 11.4 Å². The predicted molar refractivity (Wildman–Crippen MR) is 124 cm³/mol. The number of methoxy groups -OCH3 is 1. The lowest BCUT2D eigenvalue weighted by atomic mass is 10.2. The average Bonchev–Trinajstić information content (AvgIpc) is 3.31. The zero-order chi connectivity index (χ0) is 21.8. The first-order valence-corrected chi connectivity index (χ1v) is 10.8. The molecule has 2 aromatic carbocycles. The molecule has 0 spiro atoms. The molecule has 1 N–H and O–H groups in total. The Morgan fingerprint density at radius 2 is 1.90 bits per heavy atom. The van der Waals surface area contributed by atoms with Crippen molar-refractivity contribution in [2.45, 2.75) is 17.8 Å². The van der Waals surface area contributed by atoms with Gasteiger partial charge in [0.05, 0.1) is 7.11 Å². The van der Waals surface area contributed by atoms with Gasteiger partial charge in [0.2, 0.25) is 11.0 Å². The van der Waals surface area contributed by atoms with Gasteiger partial charge in [-0.1, -0.05) is 41.6 Å². The molecule has 0 aliphatic carbocycles. The second-order valence-corrected chi connectivity index (χ2v) is 8.11. The van der Waals surface area contributed by atoms with Crippen molar-refractivity contribution in [3.8, 4) is 5.75 Å². The van der Waals surface area contributed by atoms with Crippen LogP contribution in [0.5, 0.6) is 5.75 Å². The van der Waals surface area contributed by atoms with Gasteiger partial charge in [-0.3, -0.25) is 9.47 Å². The summed E-state index contributed by atoms with van der Waals surface area (Å²) in [5, 5.41) is 12.6. The van der Waals surface area contributed by atoms with Crippen LogP contribution in [0.15, 0.2) is 76.9 Å². The Hall–Kier alpha value is -3.23. The molecule has 2 heterocycles. The van der Waals surface area contributed by atoms with Crippen molar-refractivity contribution in [2.75, 3.05) is 12.4 Å². The molecule has 0 aliphatic heterocycles. The summed E-state index contributed by atoms with van der Waals surface area (Å²) in [5.74, 6) is 1.50. The molecule has 158 valence electrons. The minimum Gasteiger partial charge on any atom is -0.497 e. The molecule has 7 nitrogen and oxygen atoms in total. The number of aryl methyl sites for hydroxylation is 1. The molecule has 0 fully saturated rings. The summed E-state index contributed by atoms with van der Waals surface area (Å²) in [7, 11) is 1.63. The van der Waals surface area contributed by atoms with E-state index in [0.717, 1.165) is 16.9 Å². The van der Waals surface area contributed by atoms with Gasteiger partial charge in [0.25, 0.3) is 0 Å². The van der Waals surface area contributed by atoms with Crippen LogP contribution in [-0.4, -0.2) is 26.7 Å². The van der Waals surface area contributed by atoms with E-state index in [4.69, 9.17) is 16.3 Å². The number of hydrogen-bond acceptors (Lipinski definition) is 6. The van der Waals surface area contributed by atoms with Crippen LogP contribution < -0.4 is 15.6 Å². The highest BCUT2D eigenvalue weighted by Gasteiger charge is 2.15. The van der Waals surface area contributed by atoms with Crippen molar-refractivity contribution < 1.29 is 4.74 Å². The van der Waals surface area contributed by atoms with Crippen molar-refractivity contribution in [2.24, 2.45) is 0 Å². The van der Waals surface area contributed by atoms with Gasteiger partial charge in [0.1, 0.15) is 5.75 Å². The van der Waals surface area contributed by atoms with Gasteiger partial charge in [-0.2, -0.15) is 4.68 Å². The van der Waals surface area contributed by atoms with Gasteiger partial charge in [-0.15, -0.1) is 10.2 Å². The molecule has 0 radical (unpaired) electrons. The molecule has 9 heteroatoms. The molecule has 0 atom stereocenters. The van der Waals surface area contributed by atoms with Gasteiger partial charge in [-0.05, 0) is 54.4 Å². The minimum absolute atomic E-state index is 0.116. The molecular weight excluding hydrogens is 434 g/mol. The van der Waals surface area contributed by atoms with Crippen molar-refractivity contribution >= 4 is 34.9 Å². The van der Waals surface area contributed by atoms with Crippen molar-refractivity contribution in [3.63, 3.8) is 0 Å². The number of rotatable bonds is 7. The summed E-state index contributed by atoms with van der Waals surface area (Å²) < 4.78 is 8.45. The standard InChI is InChI=1S/C22H20ClN5O2S/c1-15-8-9-17(23)13-19(15)24-20-21(29)28(27-10-3-4-11-27)22(26-25-20)31-14-16-6-5-7-18(12-16)30-2/h3-13H,14H2,1-2H3,(H,24,25). The van der Waals surface area contributed by atoms with Crippen LogP contribution in [0.1, 0.15) is 11.1 Å². The highest BCUT2D eigenvalue weighted by atomic mass is 35.5. The summed E-state index contributed by atoms with van der Waals surface area (Å²) in [6.45, 7) is 1.93. The Morgan fingerprint density at radius 1 is 1.10 bits per heavy atom. The molecule has 4 rings (SSSR count). The Kier molecular flexibility index (Phi) is 6.29. The second-order valence-electron chi connectivity index (χ2n) is 6.74. The van der Waals surface area contributed by atoms with Gasteiger partial charge >= 0.3 is 5.56 Å². The van der Waals surface area contributed by atoms with E-state index in [1.54, 1.807) is 36.3 Å².